The zero-order chi connectivity index (χ0) is 16.5. The summed E-state index contributed by atoms with van der Waals surface area (Å²) in [5, 5.41) is 2.86. The standard InChI is InChI=1S/C18H21N3O3/c1-23-14-5-4-13(11-6-8-24-9-7-11)16-17(14)20-15(10-19-16)21-18(22)12-2-3-12/h4-5,10-12H,2-3,6-9H2,1H3,(H,20,21,22). The lowest BCUT2D eigenvalue weighted by Gasteiger charge is -2.23. The van der Waals surface area contributed by atoms with Gasteiger partial charge in [0.2, 0.25) is 5.91 Å². The zero-order valence-corrected chi connectivity index (χ0v) is 13.7. The van der Waals surface area contributed by atoms with Crippen molar-refractivity contribution in [3.8, 4) is 5.75 Å². The maximum atomic E-state index is 12.0. The van der Waals surface area contributed by atoms with E-state index in [0.29, 0.717) is 23.0 Å². The number of carbonyl (C=O) groups is 1. The highest BCUT2D eigenvalue weighted by Gasteiger charge is 2.30. The second-order valence-electron chi connectivity index (χ2n) is 6.46. The summed E-state index contributed by atoms with van der Waals surface area (Å²) in [7, 11) is 1.63. The van der Waals surface area contributed by atoms with E-state index in [1.54, 1.807) is 13.3 Å². The molecule has 1 aromatic heterocycles. The molecule has 1 amide bonds. The number of nitrogens with zero attached hydrogens (tertiary/aromatic N) is 2. The van der Waals surface area contributed by atoms with Crippen molar-refractivity contribution in [2.24, 2.45) is 5.92 Å². The number of benzene rings is 1. The van der Waals surface area contributed by atoms with Gasteiger partial charge in [-0.25, -0.2) is 4.98 Å². The SMILES string of the molecule is COc1ccc(C2CCOCC2)c2ncc(NC(=O)C3CC3)nc12. The van der Waals surface area contributed by atoms with Gasteiger partial charge in [-0.1, -0.05) is 6.07 Å². The van der Waals surface area contributed by atoms with E-state index in [2.05, 4.69) is 21.4 Å². The van der Waals surface area contributed by atoms with Crippen LogP contribution in [-0.4, -0.2) is 36.2 Å². The molecule has 1 saturated carbocycles. The van der Waals surface area contributed by atoms with Gasteiger partial charge in [0.15, 0.2) is 5.82 Å². The minimum atomic E-state index is 0.0307. The molecule has 0 radical (unpaired) electrons. The molecule has 4 rings (SSSR count). The number of rotatable bonds is 4. The van der Waals surface area contributed by atoms with Gasteiger partial charge in [-0.3, -0.25) is 9.78 Å². The molecule has 1 N–H and O–H groups in total. The number of hydrogen-bond donors (Lipinski definition) is 1. The molecule has 2 aliphatic rings. The van der Waals surface area contributed by atoms with E-state index in [0.717, 1.165) is 44.4 Å². The molecule has 1 aromatic carbocycles. The molecule has 0 unspecified atom stereocenters. The summed E-state index contributed by atoms with van der Waals surface area (Å²) in [5.74, 6) is 1.76. The fourth-order valence-electron chi connectivity index (χ4n) is 3.23. The fourth-order valence-corrected chi connectivity index (χ4v) is 3.23. The summed E-state index contributed by atoms with van der Waals surface area (Å²) in [6.45, 7) is 1.56. The third-order valence-electron chi connectivity index (χ3n) is 4.77. The quantitative estimate of drug-likeness (QED) is 0.935. The van der Waals surface area contributed by atoms with Crippen LogP contribution in [-0.2, 0) is 9.53 Å². The number of ether oxygens (including phenoxy) is 2. The number of carbonyl (C=O) groups excluding carboxylic acids is 1. The van der Waals surface area contributed by atoms with Gasteiger partial charge in [0, 0.05) is 19.1 Å². The first-order chi connectivity index (χ1) is 11.8. The van der Waals surface area contributed by atoms with E-state index in [1.165, 1.54) is 5.56 Å². The van der Waals surface area contributed by atoms with E-state index in [-0.39, 0.29) is 11.8 Å². The number of methoxy groups -OCH3 is 1. The summed E-state index contributed by atoms with van der Waals surface area (Å²) < 4.78 is 10.9. The van der Waals surface area contributed by atoms with Crippen LogP contribution in [0.2, 0.25) is 0 Å². The monoisotopic (exact) mass is 327 g/mol. The molecule has 1 aliphatic heterocycles. The Balaban J connectivity index is 1.72. The summed E-state index contributed by atoms with van der Waals surface area (Å²) >= 11 is 0. The third kappa shape index (κ3) is 2.94. The third-order valence-corrected chi connectivity index (χ3v) is 4.77. The molecule has 2 heterocycles. The highest BCUT2D eigenvalue weighted by Crippen LogP contribution is 2.35. The van der Waals surface area contributed by atoms with Crippen molar-refractivity contribution >= 4 is 22.8 Å². The van der Waals surface area contributed by atoms with Crippen molar-refractivity contribution in [3.63, 3.8) is 0 Å². The predicted octanol–water partition coefficient (Wildman–Crippen LogP) is 2.88. The minimum absolute atomic E-state index is 0.0307. The van der Waals surface area contributed by atoms with Crippen molar-refractivity contribution in [3.05, 3.63) is 23.9 Å². The smallest absolute Gasteiger partial charge is 0.228 e. The highest BCUT2D eigenvalue weighted by molar-refractivity contribution is 5.94. The van der Waals surface area contributed by atoms with Crippen LogP contribution in [0.25, 0.3) is 11.0 Å². The lowest BCUT2D eigenvalue weighted by molar-refractivity contribution is -0.117. The Kier molecular flexibility index (Phi) is 4.06. The largest absolute Gasteiger partial charge is 0.494 e. The summed E-state index contributed by atoms with van der Waals surface area (Å²) in [5.41, 5.74) is 2.74. The number of aromatic nitrogens is 2. The molecule has 2 fully saturated rings. The topological polar surface area (TPSA) is 73.3 Å². The van der Waals surface area contributed by atoms with E-state index in [4.69, 9.17) is 9.47 Å². The first kappa shape index (κ1) is 15.3. The van der Waals surface area contributed by atoms with Crippen LogP contribution >= 0.6 is 0 Å². The van der Waals surface area contributed by atoms with Crippen molar-refractivity contribution in [2.45, 2.75) is 31.6 Å². The molecule has 2 aromatic rings. The Morgan fingerprint density at radius 3 is 2.71 bits per heavy atom. The predicted molar refractivity (Wildman–Crippen MR) is 90.2 cm³/mol. The van der Waals surface area contributed by atoms with Crippen molar-refractivity contribution in [1.29, 1.82) is 0 Å². The maximum absolute atomic E-state index is 12.0. The Bertz CT molecular complexity index is 767. The van der Waals surface area contributed by atoms with Gasteiger partial charge >= 0.3 is 0 Å². The molecule has 6 heteroatoms. The Morgan fingerprint density at radius 1 is 1.21 bits per heavy atom. The van der Waals surface area contributed by atoms with Gasteiger partial charge in [-0.05, 0) is 43.2 Å². The Hall–Kier alpha value is -2.21. The average Bonchev–Trinajstić information content (AvgIpc) is 3.46. The van der Waals surface area contributed by atoms with E-state index < -0.39 is 0 Å². The second-order valence-corrected chi connectivity index (χ2v) is 6.46. The number of nitrogens with one attached hydrogen (secondary N) is 1. The number of anilines is 1. The molecule has 6 nitrogen and oxygen atoms in total. The van der Waals surface area contributed by atoms with Crippen LogP contribution < -0.4 is 10.1 Å². The summed E-state index contributed by atoms with van der Waals surface area (Å²) in [4.78, 5) is 21.2. The fraction of sp³-hybridized carbons (Fsp3) is 0.500. The minimum Gasteiger partial charge on any atom is -0.494 e. The molecule has 0 spiro atoms. The normalized spacial score (nSPS) is 18.5. The Labute approximate surface area is 140 Å². The van der Waals surface area contributed by atoms with Gasteiger partial charge in [0.1, 0.15) is 11.3 Å². The van der Waals surface area contributed by atoms with Crippen LogP contribution in [0.4, 0.5) is 5.82 Å². The van der Waals surface area contributed by atoms with Crippen LogP contribution in [0.1, 0.15) is 37.2 Å². The summed E-state index contributed by atoms with van der Waals surface area (Å²) in [6.07, 6.45) is 5.55. The molecular weight excluding hydrogens is 306 g/mol. The molecule has 0 bridgehead atoms. The molecule has 126 valence electrons. The number of amides is 1. The average molecular weight is 327 g/mol. The molecule has 0 atom stereocenters. The van der Waals surface area contributed by atoms with E-state index in [9.17, 15) is 4.79 Å². The van der Waals surface area contributed by atoms with Gasteiger partial charge in [0.05, 0.1) is 18.8 Å². The van der Waals surface area contributed by atoms with Crippen LogP contribution in [0, 0.1) is 5.92 Å². The van der Waals surface area contributed by atoms with Gasteiger partial charge < -0.3 is 14.8 Å². The molecule has 24 heavy (non-hydrogen) atoms. The van der Waals surface area contributed by atoms with Crippen molar-refractivity contribution in [1.82, 2.24) is 9.97 Å². The lowest BCUT2D eigenvalue weighted by atomic mass is 9.90. The van der Waals surface area contributed by atoms with Crippen LogP contribution in [0.5, 0.6) is 5.75 Å². The van der Waals surface area contributed by atoms with Crippen LogP contribution in [0.3, 0.4) is 0 Å². The molecular formula is C18H21N3O3. The van der Waals surface area contributed by atoms with Gasteiger partial charge in [0.25, 0.3) is 0 Å². The second kappa shape index (κ2) is 6.36. The van der Waals surface area contributed by atoms with Gasteiger partial charge in [-0.15, -0.1) is 0 Å². The summed E-state index contributed by atoms with van der Waals surface area (Å²) in [6, 6.07) is 4.02. The molecule has 1 aliphatic carbocycles. The van der Waals surface area contributed by atoms with E-state index in [1.807, 2.05) is 6.07 Å². The lowest BCUT2D eigenvalue weighted by Crippen LogP contribution is -2.16. The molecule has 1 saturated heterocycles. The maximum Gasteiger partial charge on any atom is 0.228 e. The Morgan fingerprint density at radius 2 is 2.00 bits per heavy atom. The van der Waals surface area contributed by atoms with Crippen molar-refractivity contribution in [2.75, 3.05) is 25.6 Å². The van der Waals surface area contributed by atoms with Gasteiger partial charge in [-0.2, -0.15) is 0 Å². The number of fused-ring (bicyclic) bond motifs is 1. The highest BCUT2D eigenvalue weighted by atomic mass is 16.5. The number of hydrogen-bond acceptors (Lipinski definition) is 5. The first-order valence-corrected chi connectivity index (χ1v) is 8.48. The zero-order valence-electron chi connectivity index (χ0n) is 13.7. The first-order valence-electron chi connectivity index (χ1n) is 8.48. The van der Waals surface area contributed by atoms with E-state index >= 15 is 0 Å². The van der Waals surface area contributed by atoms with Crippen molar-refractivity contribution < 1.29 is 14.3 Å². The van der Waals surface area contributed by atoms with Crippen LogP contribution in [0.15, 0.2) is 18.3 Å².